The molecule has 19 heavy (non-hydrogen) atoms. The second-order valence-electron chi connectivity index (χ2n) is 3.94. The van der Waals surface area contributed by atoms with Crippen LogP contribution in [-0.4, -0.2) is 33.8 Å². The first-order chi connectivity index (χ1) is 9.07. The third kappa shape index (κ3) is 3.51. The van der Waals surface area contributed by atoms with Crippen LogP contribution in [0.25, 0.3) is 0 Å². The summed E-state index contributed by atoms with van der Waals surface area (Å²) in [4.78, 5) is 11.3. The molecule has 0 saturated carbocycles. The maximum atomic E-state index is 11.3. The van der Waals surface area contributed by atoms with Gasteiger partial charge in [-0.25, -0.2) is 0 Å². The fourth-order valence-electron chi connectivity index (χ4n) is 1.77. The molecule has 1 aromatic rings. The van der Waals surface area contributed by atoms with Gasteiger partial charge in [-0.1, -0.05) is 0 Å². The van der Waals surface area contributed by atoms with Gasteiger partial charge >= 0.3 is 0 Å². The Labute approximate surface area is 112 Å². The highest BCUT2D eigenvalue weighted by Gasteiger charge is 2.17. The molecule has 0 spiro atoms. The zero-order valence-electron chi connectivity index (χ0n) is 11.6. The molecule has 0 radical (unpaired) electrons. The summed E-state index contributed by atoms with van der Waals surface area (Å²) in [6, 6.07) is 3.25. The molecule has 0 aromatic heterocycles. The molecule has 1 unspecified atom stereocenters. The normalized spacial score (nSPS) is 11.6. The molecule has 0 heterocycles. The van der Waals surface area contributed by atoms with Crippen molar-refractivity contribution in [1.29, 1.82) is 0 Å². The van der Waals surface area contributed by atoms with E-state index in [2.05, 4.69) is 5.32 Å². The van der Waals surface area contributed by atoms with Crippen molar-refractivity contribution in [1.82, 2.24) is 5.32 Å². The van der Waals surface area contributed by atoms with Gasteiger partial charge < -0.3 is 25.3 Å². The van der Waals surface area contributed by atoms with E-state index in [0.29, 0.717) is 17.2 Å². The SMILES string of the molecule is COc1cc(OC)c(C(C)NC(=O)CN)cc1OC. The summed E-state index contributed by atoms with van der Waals surface area (Å²) < 4.78 is 15.7. The third-order valence-corrected chi connectivity index (χ3v) is 2.77. The topological polar surface area (TPSA) is 82.8 Å². The number of ether oxygens (including phenoxy) is 3. The van der Waals surface area contributed by atoms with E-state index in [4.69, 9.17) is 19.9 Å². The number of nitrogens with one attached hydrogen (secondary N) is 1. The zero-order valence-corrected chi connectivity index (χ0v) is 11.6. The smallest absolute Gasteiger partial charge is 0.234 e. The molecule has 1 atom stereocenters. The number of hydrogen-bond acceptors (Lipinski definition) is 5. The van der Waals surface area contributed by atoms with Crippen LogP contribution in [0.2, 0.25) is 0 Å². The van der Waals surface area contributed by atoms with Crippen LogP contribution in [0.3, 0.4) is 0 Å². The van der Waals surface area contributed by atoms with Crippen LogP contribution in [0.1, 0.15) is 18.5 Å². The molecule has 6 nitrogen and oxygen atoms in total. The number of hydrogen-bond donors (Lipinski definition) is 2. The lowest BCUT2D eigenvalue weighted by atomic mass is 10.1. The monoisotopic (exact) mass is 268 g/mol. The van der Waals surface area contributed by atoms with Crippen LogP contribution in [0, 0.1) is 0 Å². The highest BCUT2D eigenvalue weighted by molar-refractivity contribution is 5.78. The van der Waals surface area contributed by atoms with Crippen molar-refractivity contribution in [2.24, 2.45) is 5.73 Å². The van der Waals surface area contributed by atoms with Gasteiger partial charge in [-0.2, -0.15) is 0 Å². The van der Waals surface area contributed by atoms with Crippen molar-refractivity contribution in [3.05, 3.63) is 17.7 Å². The van der Waals surface area contributed by atoms with E-state index in [1.807, 2.05) is 6.92 Å². The summed E-state index contributed by atoms with van der Waals surface area (Å²) >= 11 is 0. The Hall–Kier alpha value is -1.95. The van der Waals surface area contributed by atoms with Crippen LogP contribution < -0.4 is 25.3 Å². The molecule has 1 aromatic carbocycles. The fourth-order valence-corrected chi connectivity index (χ4v) is 1.77. The maximum absolute atomic E-state index is 11.3. The van der Waals surface area contributed by atoms with Crippen molar-refractivity contribution in [2.75, 3.05) is 27.9 Å². The number of nitrogens with two attached hydrogens (primary N) is 1. The summed E-state index contributed by atoms with van der Waals surface area (Å²) in [5.74, 6) is 1.53. The summed E-state index contributed by atoms with van der Waals surface area (Å²) in [7, 11) is 4.66. The lowest BCUT2D eigenvalue weighted by molar-refractivity contribution is -0.120. The molecule has 0 aliphatic heterocycles. The second-order valence-corrected chi connectivity index (χ2v) is 3.94. The van der Waals surface area contributed by atoms with E-state index >= 15 is 0 Å². The lowest BCUT2D eigenvalue weighted by Gasteiger charge is -2.19. The Morgan fingerprint density at radius 2 is 1.68 bits per heavy atom. The molecule has 0 bridgehead atoms. The highest BCUT2D eigenvalue weighted by Crippen LogP contribution is 2.37. The molecule has 0 aliphatic carbocycles. The molecule has 0 fully saturated rings. The summed E-state index contributed by atoms with van der Waals surface area (Å²) in [5, 5.41) is 2.77. The van der Waals surface area contributed by atoms with Gasteiger partial charge in [0.1, 0.15) is 5.75 Å². The van der Waals surface area contributed by atoms with E-state index in [1.54, 1.807) is 33.5 Å². The molecule has 1 rings (SSSR count). The van der Waals surface area contributed by atoms with Gasteiger partial charge in [-0.3, -0.25) is 4.79 Å². The van der Waals surface area contributed by atoms with E-state index in [1.165, 1.54) is 0 Å². The minimum Gasteiger partial charge on any atom is -0.496 e. The third-order valence-electron chi connectivity index (χ3n) is 2.77. The first kappa shape index (κ1) is 15.1. The van der Waals surface area contributed by atoms with Crippen LogP contribution >= 0.6 is 0 Å². The van der Waals surface area contributed by atoms with Crippen LogP contribution in [0.5, 0.6) is 17.2 Å². The number of carbonyl (C=O) groups excluding carboxylic acids is 1. The lowest BCUT2D eigenvalue weighted by Crippen LogP contribution is -2.32. The van der Waals surface area contributed by atoms with Crippen molar-refractivity contribution < 1.29 is 19.0 Å². The maximum Gasteiger partial charge on any atom is 0.234 e. The van der Waals surface area contributed by atoms with E-state index in [-0.39, 0.29) is 18.5 Å². The average molecular weight is 268 g/mol. The van der Waals surface area contributed by atoms with E-state index in [0.717, 1.165) is 5.56 Å². The molecule has 106 valence electrons. The molecular weight excluding hydrogens is 248 g/mol. The van der Waals surface area contributed by atoms with Gasteiger partial charge in [0, 0.05) is 11.6 Å². The Balaban J connectivity index is 3.14. The van der Waals surface area contributed by atoms with Crippen molar-refractivity contribution in [3.63, 3.8) is 0 Å². The van der Waals surface area contributed by atoms with Crippen molar-refractivity contribution >= 4 is 5.91 Å². The average Bonchev–Trinajstić information content (AvgIpc) is 2.45. The van der Waals surface area contributed by atoms with Gasteiger partial charge in [0.15, 0.2) is 11.5 Å². The quantitative estimate of drug-likeness (QED) is 0.799. The Kier molecular flexibility index (Phi) is 5.44. The minimum absolute atomic E-state index is 0.0556. The molecule has 6 heteroatoms. The van der Waals surface area contributed by atoms with Gasteiger partial charge in [-0.05, 0) is 13.0 Å². The second kappa shape index (κ2) is 6.84. The van der Waals surface area contributed by atoms with Crippen molar-refractivity contribution in [2.45, 2.75) is 13.0 Å². The number of benzene rings is 1. The summed E-state index contributed by atoms with van der Waals surface area (Å²) in [5.41, 5.74) is 6.08. The predicted octanol–water partition coefficient (Wildman–Crippen LogP) is 0.848. The molecule has 0 aliphatic rings. The number of methoxy groups -OCH3 is 3. The van der Waals surface area contributed by atoms with Gasteiger partial charge in [0.25, 0.3) is 0 Å². The molecule has 1 amide bonds. The standard InChI is InChI=1S/C13H20N2O4/c1-8(15-13(16)7-14)9-5-11(18-3)12(19-4)6-10(9)17-2/h5-6,8H,7,14H2,1-4H3,(H,15,16). The predicted molar refractivity (Wildman–Crippen MR) is 71.7 cm³/mol. The number of rotatable bonds is 6. The Morgan fingerprint density at radius 1 is 1.16 bits per heavy atom. The highest BCUT2D eigenvalue weighted by atomic mass is 16.5. The van der Waals surface area contributed by atoms with Gasteiger partial charge in [-0.15, -0.1) is 0 Å². The van der Waals surface area contributed by atoms with Gasteiger partial charge in [0.05, 0.1) is 33.9 Å². The molecule has 0 saturated heterocycles. The van der Waals surface area contributed by atoms with Crippen LogP contribution in [0.15, 0.2) is 12.1 Å². The summed E-state index contributed by atoms with van der Waals surface area (Å²) in [6.07, 6.45) is 0. The number of amides is 1. The molecular formula is C13H20N2O4. The van der Waals surface area contributed by atoms with Crippen LogP contribution in [0.4, 0.5) is 0 Å². The zero-order chi connectivity index (χ0) is 14.4. The summed E-state index contributed by atoms with van der Waals surface area (Å²) in [6.45, 7) is 1.79. The Bertz CT molecular complexity index is 449. The largest absolute Gasteiger partial charge is 0.496 e. The Morgan fingerprint density at radius 3 is 2.16 bits per heavy atom. The van der Waals surface area contributed by atoms with Crippen LogP contribution in [-0.2, 0) is 4.79 Å². The minimum atomic E-state index is -0.245. The van der Waals surface area contributed by atoms with E-state index < -0.39 is 0 Å². The first-order valence-electron chi connectivity index (χ1n) is 5.86. The first-order valence-corrected chi connectivity index (χ1v) is 5.86. The van der Waals surface area contributed by atoms with Gasteiger partial charge in [0.2, 0.25) is 5.91 Å². The number of carbonyl (C=O) groups is 1. The molecule has 3 N–H and O–H groups in total. The fraction of sp³-hybridized carbons (Fsp3) is 0.462. The van der Waals surface area contributed by atoms with Crippen molar-refractivity contribution in [3.8, 4) is 17.2 Å². The van der Waals surface area contributed by atoms with E-state index in [9.17, 15) is 4.79 Å².